The first-order valence-corrected chi connectivity index (χ1v) is 5.57. The fourth-order valence-electron chi connectivity index (χ4n) is 1.71. The number of esters is 1. The lowest BCUT2D eigenvalue weighted by Gasteiger charge is -2.22. The van der Waals surface area contributed by atoms with E-state index in [1.54, 1.807) is 6.20 Å². The number of rotatable bonds is 3. The Morgan fingerprint density at radius 2 is 2.12 bits per heavy atom. The molecule has 0 amide bonds. The molecule has 0 aliphatic carbocycles. The molecule has 0 spiro atoms. The van der Waals surface area contributed by atoms with E-state index in [1.165, 1.54) is 7.11 Å². The van der Waals surface area contributed by atoms with Crippen LogP contribution in [-0.4, -0.2) is 22.9 Å². The Hall–Kier alpha value is -1.32. The molecule has 0 aliphatic heterocycles. The van der Waals surface area contributed by atoms with Gasteiger partial charge in [0.05, 0.1) is 24.5 Å². The number of nitrogens with zero attached hydrogens (tertiary/aromatic N) is 2. The Bertz CT molecular complexity index is 375. The van der Waals surface area contributed by atoms with Crippen molar-refractivity contribution in [2.24, 2.45) is 0 Å². The first kappa shape index (κ1) is 12.7. The van der Waals surface area contributed by atoms with Gasteiger partial charge in [0.15, 0.2) is 0 Å². The lowest BCUT2D eigenvalue weighted by molar-refractivity contribution is 0.0599. The molecular weight excluding hydrogens is 204 g/mol. The maximum atomic E-state index is 11.6. The fraction of sp³-hybridized carbons (Fsp3) is 0.667. The summed E-state index contributed by atoms with van der Waals surface area (Å²) in [7, 11) is 1.40. The summed E-state index contributed by atoms with van der Waals surface area (Å²) in [5, 5.41) is 4.29. The van der Waals surface area contributed by atoms with Crippen molar-refractivity contribution < 1.29 is 9.53 Å². The number of hydrogen-bond acceptors (Lipinski definition) is 3. The van der Waals surface area contributed by atoms with E-state index in [0.717, 1.165) is 18.5 Å². The number of carbonyl (C=O) groups excluding carboxylic acids is 1. The van der Waals surface area contributed by atoms with Gasteiger partial charge in [0.1, 0.15) is 5.56 Å². The third kappa shape index (κ3) is 2.43. The van der Waals surface area contributed by atoms with Crippen LogP contribution in [-0.2, 0) is 16.7 Å². The van der Waals surface area contributed by atoms with Crippen molar-refractivity contribution in [1.82, 2.24) is 9.78 Å². The van der Waals surface area contributed by atoms with Gasteiger partial charge < -0.3 is 4.74 Å². The number of aromatic nitrogens is 2. The molecule has 1 heterocycles. The van der Waals surface area contributed by atoms with Gasteiger partial charge in [0.2, 0.25) is 0 Å². The lowest BCUT2D eigenvalue weighted by atomic mass is 10.1. The van der Waals surface area contributed by atoms with Gasteiger partial charge in [-0.15, -0.1) is 0 Å². The van der Waals surface area contributed by atoms with Crippen molar-refractivity contribution in [2.45, 2.75) is 46.1 Å². The number of ether oxygens (including phenoxy) is 1. The molecule has 0 aliphatic rings. The average Bonchev–Trinajstić information content (AvgIpc) is 2.60. The second-order valence-corrected chi connectivity index (χ2v) is 4.83. The van der Waals surface area contributed by atoms with Crippen LogP contribution < -0.4 is 0 Å². The molecule has 0 atom stereocenters. The first-order chi connectivity index (χ1) is 7.41. The van der Waals surface area contributed by atoms with Crippen molar-refractivity contribution in [3.05, 3.63) is 17.5 Å². The Morgan fingerprint density at radius 1 is 1.50 bits per heavy atom. The Morgan fingerprint density at radius 3 is 2.56 bits per heavy atom. The maximum Gasteiger partial charge on any atom is 0.341 e. The van der Waals surface area contributed by atoms with Gasteiger partial charge in [-0.2, -0.15) is 5.10 Å². The van der Waals surface area contributed by atoms with Crippen LogP contribution in [0.4, 0.5) is 0 Å². The summed E-state index contributed by atoms with van der Waals surface area (Å²) in [6, 6.07) is 0. The average molecular weight is 224 g/mol. The molecule has 4 heteroatoms. The van der Waals surface area contributed by atoms with Crippen LogP contribution in [0, 0.1) is 0 Å². The van der Waals surface area contributed by atoms with Crippen LogP contribution in [0.15, 0.2) is 6.20 Å². The predicted octanol–water partition coefficient (Wildman–Crippen LogP) is 2.38. The monoisotopic (exact) mass is 224 g/mol. The van der Waals surface area contributed by atoms with E-state index in [0.29, 0.717) is 5.56 Å². The highest BCUT2D eigenvalue weighted by atomic mass is 16.5. The van der Waals surface area contributed by atoms with Crippen LogP contribution in [0.1, 0.15) is 50.2 Å². The molecule has 4 nitrogen and oxygen atoms in total. The number of methoxy groups -OCH3 is 1. The largest absolute Gasteiger partial charge is 0.465 e. The second-order valence-electron chi connectivity index (χ2n) is 4.83. The predicted molar refractivity (Wildman–Crippen MR) is 62.6 cm³/mol. The zero-order valence-electron chi connectivity index (χ0n) is 10.7. The molecule has 16 heavy (non-hydrogen) atoms. The Balaban J connectivity index is 3.22. The summed E-state index contributed by atoms with van der Waals surface area (Å²) in [4.78, 5) is 11.6. The van der Waals surface area contributed by atoms with Crippen molar-refractivity contribution in [3.63, 3.8) is 0 Å². The number of hydrogen-bond donors (Lipinski definition) is 0. The highest BCUT2D eigenvalue weighted by Gasteiger charge is 2.23. The van der Waals surface area contributed by atoms with Gasteiger partial charge in [-0.1, -0.05) is 13.3 Å². The second kappa shape index (κ2) is 4.68. The van der Waals surface area contributed by atoms with Crippen LogP contribution in [0.3, 0.4) is 0 Å². The van der Waals surface area contributed by atoms with Crippen molar-refractivity contribution >= 4 is 5.97 Å². The molecule has 0 aromatic carbocycles. The fourth-order valence-corrected chi connectivity index (χ4v) is 1.71. The van der Waals surface area contributed by atoms with Gasteiger partial charge in [0, 0.05) is 0 Å². The zero-order valence-corrected chi connectivity index (χ0v) is 10.7. The third-order valence-corrected chi connectivity index (χ3v) is 2.40. The molecule has 0 saturated carbocycles. The smallest absolute Gasteiger partial charge is 0.341 e. The molecule has 1 aromatic rings. The van der Waals surface area contributed by atoms with E-state index >= 15 is 0 Å². The van der Waals surface area contributed by atoms with Crippen LogP contribution in [0.5, 0.6) is 0 Å². The van der Waals surface area contributed by atoms with E-state index in [2.05, 4.69) is 32.8 Å². The standard InChI is InChI=1S/C12H20N2O2/c1-6-7-10-9(11(15)16-5)8-13-14(10)12(2,3)4/h8H,6-7H2,1-5H3. The lowest BCUT2D eigenvalue weighted by Crippen LogP contribution is -2.26. The minimum Gasteiger partial charge on any atom is -0.465 e. The van der Waals surface area contributed by atoms with Crippen molar-refractivity contribution in [2.75, 3.05) is 7.11 Å². The van der Waals surface area contributed by atoms with Gasteiger partial charge in [-0.25, -0.2) is 4.79 Å². The van der Waals surface area contributed by atoms with Crippen LogP contribution in [0.2, 0.25) is 0 Å². The van der Waals surface area contributed by atoms with Crippen molar-refractivity contribution in [3.8, 4) is 0 Å². The summed E-state index contributed by atoms with van der Waals surface area (Å²) in [5.41, 5.74) is 1.43. The molecule has 1 rings (SSSR count). The molecule has 0 bridgehead atoms. The van der Waals surface area contributed by atoms with Gasteiger partial charge in [-0.05, 0) is 27.2 Å². The van der Waals surface area contributed by atoms with E-state index in [-0.39, 0.29) is 11.5 Å². The summed E-state index contributed by atoms with van der Waals surface area (Å²) in [6.45, 7) is 8.29. The summed E-state index contributed by atoms with van der Waals surface area (Å²) < 4.78 is 6.66. The summed E-state index contributed by atoms with van der Waals surface area (Å²) in [5.74, 6) is -0.307. The minimum atomic E-state index is -0.307. The molecule has 0 radical (unpaired) electrons. The molecule has 0 saturated heterocycles. The van der Waals surface area contributed by atoms with E-state index < -0.39 is 0 Å². The highest BCUT2D eigenvalue weighted by Crippen LogP contribution is 2.20. The highest BCUT2D eigenvalue weighted by molar-refractivity contribution is 5.90. The molecule has 1 aromatic heterocycles. The quantitative estimate of drug-likeness (QED) is 0.740. The molecule has 0 unspecified atom stereocenters. The first-order valence-electron chi connectivity index (χ1n) is 5.57. The van der Waals surface area contributed by atoms with Crippen LogP contribution in [0.25, 0.3) is 0 Å². The minimum absolute atomic E-state index is 0.114. The van der Waals surface area contributed by atoms with Gasteiger partial charge in [0.25, 0.3) is 0 Å². The summed E-state index contributed by atoms with van der Waals surface area (Å²) >= 11 is 0. The summed E-state index contributed by atoms with van der Waals surface area (Å²) in [6.07, 6.45) is 3.41. The van der Waals surface area contributed by atoms with E-state index in [9.17, 15) is 4.79 Å². The van der Waals surface area contributed by atoms with Gasteiger partial charge in [-0.3, -0.25) is 4.68 Å². The third-order valence-electron chi connectivity index (χ3n) is 2.40. The normalized spacial score (nSPS) is 11.6. The molecular formula is C12H20N2O2. The topological polar surface area (TPSA) is 44.1 Å². The number of carbonyl (C=O) groups is 1. The SMILES string of the molecule is CCCc1c(C(=O)OC)cnn1C(C)(C)C. The Kier molecular flexibility index (Phi) is 3.73. The van der Waals surface area contributed by atoms with E-state index in [4.69, 9.17) is 4.74 Å². The van der Waals surface area contributed by atoms with Crippen LogP contribution >= 0.6 is 0 Å². The molecule has 0 N–H and O–H groups in total. The maximum absolute atomic E-state index is 11.6. The Labute approximate surface area is 96.6 Å². The molecule has 0 fully saturated rings. The molecule has 90 valence electrons. The van der Waals surface area contributed by atoms with Gasteiger partial charge >= 0.3 is 5.97 Å². The zero-order chi connectivity index (χ0) is 12.3. The van der Waals surface area contributed by atoms with Crippen molar-refractivity contribution in [1.29, 1.82) is 0 Å². The van der Waals surface area contributed by atoms with E-state index in [1.807, 2.05) is 4.68 Å².